The first-order valence-electron chi connectivity index (χ1n) is 9.51. The van der Waals surface area contributed by atoms with Crippen LogP contribution in [0.2, 0.25) is 0 Å². The molecule has 0 amide bonds. The quantitative estimate of drug-likeness (QED) is 0.497. The zero-order valence-corrected chi connectivity index (χ0v) is 18.4. The lowest BCUT2D eigenvalue weighted by molar-refractivity contribution is -0.256. The Labute approximate surface area is 186 Å². The highest BCUT2D eigenvalue weighted by molar-refractivity contribution is 9.10. The molecule has 31 heavy (non-hydrogen) atoms. The number of allylic oxidation sites excluding steroid dienone is 1. The van der Waals surface area contributed by atoms with Crippen molar-refractivity contribution in [3.05, 3.63) is 82.0 Å². The van der Waals surface area contributed by atoms with Gasteiger partial charge in [0, 0.05) is 10.4 Å². The average Bonchev–Trinajstić information content (AvgIpc) is 2.69. The molecule has 0 fully saturated rings. The van der Waals surface area contributed by atoms with Crippen LogP contribution in [0.4, 0.5) is 13.2 Å². The molecule has 1 heterocycles. The first-order chi connectivity index (χ1) is 14.5. The number of alkyl halides is 3. The van der Waals surface area contributed by atoms with Gasteiger partial charge in [-0.25, -0.2) is 4.79 Å². The third kappa shape index (κ3) is 5.36. The summed E-state index contributed by atoms with van der Waals surface area (Å²) in [6.45, 7) is 1.47. The third-order valence-electron chi connectivity index (χ3n) is 5.06. The summed E-state index contributed by atoms with van der Waals surface area (Å²) >= 11 is 3.35. The van der Waals surface area contributed by atoms with Crippen LogP contribution in [0.25, 0.3) is 0 Å². The Morgan fingerprint density at radius 2 is 1.68 bits per heavy atom. The van der Waals surface area contributed by atoms with E-state index >= 15 is 0 Å². The number of carbonyl (C=O) groups excluding carboxylic acids is 2. The van der Waals surface area contributed by atoms with Crippen molar-refractivity contribution in [2.75, 3.05) is 0 Å². The van der Waals surface area contributed by atoms with E-state index in [9.17, 15) is 22.8 Å². The van der Waals surface area contributed by atoms with Crippen molar-refractivity contribution in [2.24, 2.45) is 5.92 Å². The second kappa shape index (κ2) is 8.86. The summed E-state index contributed by atoms with van der Waals surface area (Å²) < 4.78 is 49.9. The molecular formula is C23H20BrF3O4. The molecule has 2 aromatic rings. The largest absolute Gasteiger partial charge is 0.444 e. The van der Waals surface area contributed by atoms with Gasteiger partial charge in [-0.3, -0.25) is 4.79 Å². The van der Waals surface area contributed by atoms with E-state index in [4.69, 9.17) is 4.74 Å². The molecule has 2 aromatic carbocycles. The highest BCUT2D eigenvalue weighted by atomic mass is 79.9. The van der Waals surface area contributed by atoms with Gasteiger partial charge in [0.05, 0.1) is 5.92 Å². The fraction of sp³-hybridized carbons (Fsp3) is 0.304. The smallest absolute Gasteiger partial charge is 0.427 e. The van der Waals surface area contributed by atoms with Gasteiger partial charge in [-0.15, -0.1) is 0 Å². The van der Waals surface area contributed by atoms with Gasteiger partial charge in [0.1, 0.15) is 0 Å². The zero-order valence-electron chi connectivity index (χ0n) is 16.8. The number of rotatable bonds is 5. The number of benzene rings is 2. The highest BCUT2D eigenvalue weighted by Gasteiger charge is 2.51. The number of hydrogen-bond acceptors (Lipinski definition) is 4. The Morgan fingerprint density at radius 3 is 2.26 bits per heavy atom. The number of ether oxygens (including phenoxy) is 2. The Kier molecular flexibility index (Phi) is 6.59. The van der Waals surface area contributed by atoms with Gasteiger partial charge in [0.2, 0.25) is 11.4 Å². The molecule has 0 bridgehead atoms. The van der Waals surface area contributed by atoms with E-state index in [2.05, 4.69) is 20.7 Å². The maximum atomic E-state index is 13.1. The SMILES string of the molecule is CC(C)(OC(=O)C1=C[C@H](c2ccc(Br)cc2)[C@H](Cc2ccccc2)C(=O)O1)C(F)(F)F. The molecule has 164 valence electrons. The lowest BCUT2D eigenvalue weighted by Gasteiger charge is -2.31. The van der Waals surface area contributed by atoms with E-state index in [0.717, 1.165) is 29.4 Å². The molecule has 2 atom stereocenters. The fourth-order valence-corrected chi connectivity index (χ4v) is 3.45. The van der Waals surface area contributed by atoms with Gasteiger partial charge in [0.15, 0.2) is 0 Å². The van der Waals surface area contributed by atoms with Crippen molar-refractivity contribution in [1.82, 2.24) is 0 Å². The standard InChI is InChI=1S/C23H20BrF3O4/c1-22(2,23(25,26)27)31-21(29)19-13-17(15-8-10-16(24)11-9-15)18(20(28)30-19)12-14-6-4-3-5-7-14/h3-11,13,17-18H,12H2,1-2H3/t17-,18+/m1/s1. The summed E-state index contributed by atoms with van der Waals surface area (Å²) in [5, 5.41) is 0. The van der Waals surface area contributed by atoms with E-state index in [1.165, 1.54) is 6.08 Å². The molecule has 8 heteroatoms. The van der Waals surface area contributed by atoms with Crippen LogP contribution >= 0.6 is 15.9 Å². The molecule has 0 saturated carbocycles. The van der Waals surface area contributed by atoms with Crippen molar-refractivity contribution >= 4 is 27.9 Å². The molecule has 0 aromatic heterocycles. The van der Waals surface area contributed by atoms with Gasteiger partial charge in [-0.1, -0.05) is 58.4 Å². The van der Waals surface area contributed by atoms with Crippen LogP contribution < -0.4 is 0 Å². The Morgan fingerprint density at radius 1 is 1.06 bits per heavy atom. The molecule has 1 aliphatic rings. The van der Waals surface area contributed by atoms with Gasteiger partial charge >= 0.3 is 18.1 Å². The predicted molar refractivity (Wildman–Crippen MR) is 111 cm³/mol. The lowest BCUT2D eigenvalue weighted by Crippen LogP contribution is -2.44. The topological polar surface area (TPSA) is 52.6 Å². The molecule has 0 N–H and O–H groups in total. The summed E-state index contributed by atoms with van der Waals surface area (Å²) in [4.78, 5) is 25.3. The summed E-state index contributed by atoms with van der Waals surface area (Å²) in [6, 6.07) is 16.4. The van der Waals surface area contributed by atoms with Crippen LogP contribution in [0.3, 0.4) is 0 Å². The monoisotopic (exact) mass is 496 g/mol. The van der Waals surface area contributed by atoms with Crippen LogP contribution in [0.15, 0.2) is 70.9 Å². The van der Waals surface area contributed by atoms with Crippen LogP contribution in [0, 0.1) is 5.92 Å². The summed E-state index contributed by atoms with van der Waals surface area (Å²) in [6.07, 6.45) is -3.07. The number of hydrogen-bond donors (Lipinski definition) is 0. The molecule has 1 aliphatic heterocycles. The summed E-state index contributed by atoms with van der Waals surface area (Å²) in [5.74, 6) is -3.81. The molecular weight excluding hydrogens is 477 g/mol. The minimum atomic E-state index is -4.77. The summed E-state index contributed by atoms with van der Waals surface area (Å²) in [5.41, 5.74) is -1.11. The van der Waals surface area contributed by atoms with E-state index < -0.39 is 41.3 Å². The molecule has 3 rings (SSSR count). The predicted octanol–water partition coefficient (Wildman–Crippen LogP) is 5.72. The van der Waals surface area contributed by atoms with E-state index in [1.54, 1.807) is 24.3 Å². The van der Waals surface area contributed by atoms with Crippen LogP contribution in [-0.4, -0.2) is 23.7 Å². The van der Waals surface area contributed by atoms with Crippen LogP contribution in [0.1, 0.15) is 30.9 Å². The van der Waals surface area contributed by atoms with Gasteiger partial charge in [-0.2, -0.15) is 13.2 Å². The first-order valence-corrected chi connectivity index (χ1v) is 10.3. The fourth-order valence-electron chi connectivity index (χ4n) is 3.19. The van der Waals surface area contributed by atoms with Crippen molar-refractivity contribution in [3.63, 3.8) is 0 Å². The number of halogens is 4. The maximum absolute atomic E-state index is 13.1. The number of carbonyl (C=O) groups is 2. The highest BCUT2D eigenvalue weighted by Crippen LogP contribution is 2.38. The number of esters is 2. The minimum absolute atomic E-state index is 0.341. The van der Waals surface area contributed by atoms with Crippen molar-refractivity contribution in [2.45, 2.75) is 38.0 Å². The molecule has 0 aliphatic carbocycles. The van der Waals surface area contributed by atoms with Crippen molar-refractivity contribution in [1.29, 1.82) is 0 Å². The van der Waals surface area contributed by atoms with E-state index in [0.29, 0.717) is 6.42 Å². The normalized spacial score (nSPS) is 19.4. The molecule has 0 spiro atoms. The Hall–Kier alpha value is -2.61. The molecule has 0 unspecified atom stereocenters. The molecule has 0 saturated heterocycles. The summed E-state index contributed by atoms with van der Waals surface area (Å²) in [7, 11) is 0. The molecule has 0 radical (unpaired) electrons. The average molecular weight is 497 g/mol. The Bertz CT molecular complexity index is 982. The van der Waals surface area contributed by atoms with Crippen LogP contribution in [-0.2, 0) is 25.5 Å². The number of cyclic esters (lactones) is 1. The van der Waals surface area contributed by atoms with Gasteiger partial charge in [-0.05, 0) is 49.6 Å². The van der Waals surface area contributed by atoms with Crippen molar-refractivity contribution in [3.8, 4) is 0 Å². The maximum Gasteiger partial charge on any atom is 0.427 e. The zero-order chi connectivity index (χ0) is 22.8. The lowest BCUT2D eigenvalue weighted by atomic mass is 9.80. The second-order valence-electron chi connectivity index (χ2n) is 7.72. The third-order valence-corrected chi connectivity index (χ3v) is 5.59. The van der Waals surface area contributed by atoms with Crippen molar-refractivity contribution < 1.29 is 32.2 Å². The van der Waals surface area contributed by atoms with Crippen LogP contribution in [0.5, 0.6) is 0 Å². The van der Waals surface area contributed by atoms with E-state index in [-0.39, 0.29) is 0 Å². The van der Waals surface area contributed by atoms with Gasteiger partial charge in [0.25, 0.3) is 0 Å². The molecule has 4 nitrogen and oxygen atoms in total. The first kappa shape index (κ1) is 23.1. The Balaban J connectivity index is 1.95. The van der Waals surface area contributed by atoms with E-state index in [1.807, 2.05) is 30.3 Å². The second-order valence-corrected chi connectivity index (χ2v) is 8.64. The minimum Gasteiger partial charge on any atom is -0.444 e. The van der Waals surface area contributed by atoms with Gasteiger partial charge < -0.3 is 9.47 Å².